The maximum atomic E-state index is 12.0. The molecule has 1 amide bonds. The molecular formula is C15H19ClN2OS. The van der Waals surface area contributed by atoms with Crippen LogP contribution in [-0.2, 0) is 4.79 Å². The second-order valence-corrected chi connectivity index (χ2v) is 5.64. The zero-order valence-corrected chi connectivity index (χ0v) is 13.1. The van der Waals surface area contributed by atoms with Crippen molar-refractivity contribution in [1.29, 1.82) is 0 Å². The molecule has 1 aromatic heterocycles. The van der Waals surface area contributed by atoms with E-state index in [2.05, 4.69) is 11.4 Å². The Balaban J connectivity index is 0.00000200. The lowest BCUT2D eigenvalue weighted by atomic mass is 10.0. The summed E-state index contributed by atoms with van der Waals surface area (Å²) in [5, 5.41) is 4.95. The summed E-state index contributed by atoms with van der Waals surface area (Å²) in [6.45, 7) is 3.68. The third-order valence-electron chi connectivity index (χ3n) is 3.14. The molecule has 0 aliphatic heterocycles. The fraction of sp³-hybridized carbons (Fsp3) is 0.267. The normalized spacial score (nSPS) is 13.2. The molecule has 0 aliphatic rings. The third-order valence-corrected chi connectivity index (χ3v) is 4.06. The highest BCUT2D eigenvalue weighted by Crippen LogP contribution is 2.26. The summed E-state index contributed by atoms with van der Waals surface area (Å²) < 4.78 is 0. The molecule has 0 aliphatic carbocycles. The minimum absolute atomic E-state index is 0. The summed E-state index contributed by atoms with van der Waals surface area (Å²) in [7, 11) is 0. The number of anilines is 1. The molecule has 0 saturated carbocycles. The Morgan fingerprint density at radius 1 is 1.25 bits per heavy atom. The molecule has 0 bridgehead atoms. The second kappa shape index (κ2) is 7.43. The van der Waals surface area contributed by atoms with Gasteiger partial charge in [0, 0.05) is 16.6 Å². The highest BCUT2D eigenvalue weighted by molar-refractivity contribution is 7.13. The van der Waals surface area contributed by atoms with Crippen molar-refractivity contribution in [1.82, 2.24) is 0 Å². The van der Waals surface area contributed by atoms with Crippen molar-refractivity contribution in [3.05, 3.63) is 41.8 Å². The lowest BCUT2D eigenvalue weighted by molar-refractivity contribution is -0.119. The minimum atomic E-state index is -0.203. The standard InChI is InChI=1S/C15H18N2OS.ClH/c1-10(11(2)16)15(18)17-13-6-3-5-12(9-13)14-7-4-8-19-14;/h3-11H,16H2,1-2H3,(H,17,18);1H. The number of thiophene rings is 1. The average Bonchev–Trinajstić information content (AvgIpc) is 2.91. The first kappa shape index (κ1) is 16.7. The van der Waals surface area contributed by atoms with Crippen LogP contribution in [-0.4, -0.2) is 11.9 Å². The van der Waals surface area contributed by atoms with Gasteiger partial charge in [-0.2, -0.15) is 0 Å². The fourth-order valence-electron chi connectivity index (χ4n) is 1.69. The Morgan fingerprint density at radius 2 is 2.00 bits per heavy atom. The van der Waals surface area contributed by atoms with Crippen LogP contribution >= 0.6 is 23.7 Å². The van der Waals surface area contributed by atoms with Crippen molar-refractivity contribution in [2.24, 2.45) is 11.7 Å². The highest BCUT2D eigenvalue weighted by atomic mass is 35.5. The molecule has 1 aromatic carbocycles. The Morgan fingerprint density at radius 3 is 2.60 bits per heavy atom. The zero-order chi connectivity index (χ0) is 13.8. The topological polar surface area (TPSA) is 55.1 Å². The summed E-state index contributed by atoms with van der Waals surface area (Å²) in [6.07, 6.45) is 0. The summed E-state index contributed by atoms with van der Waals surface area (Å²) in [4.78, 5) is 13.2. The number of amides is 1. The van der Waals surface area contributed by atoms with Gasteiger partial charge in [-0.05, 0) is 36.1 Å². The third kappa shape index (κ3) is 4.07. The van der Waals surface area contributed by atoms with Crippen LogP contribution in [0.25, 0.3) is 10.4 Å². The first-order valence-electron chi connectivity index (χ1n) is 6.28. The maximum Gasteiger partial charge on any atom is 0.228 e. The number of hydrogen-bond acceptors (Lipinski definition) is 3. The first-order chi connectivity index (χ1) is 9.08. The number of rotatable bonds is 4. The van der Waals surface area contributed by atoms with Crippen molar-refractivity contribution in [2.75, 3.05) is 5.32 Å². The van der Waals surface area contributed by atoms with Crippen LogP contribution in [0.2, 0.25) is 0 Å². The van der Waals surface area contributed by atoms with Crippen molar-refractivity contribution in [2.45, 2.75) is 19.9 Å². The van der Waals surface area contributed by atoms with E-state index in [-0.39, 0.29) is 30.3 Å². The van der Waals surface area contributed by atoms with Crippen molar-refractivity contribution in [3.8, 4) is 10.4 Å². The van der Waals surface area contributed by atoms with Gasteiger partial charge < -0.3 is 11.1 Å². The van der Waals surface area contributed by atoms with Gasteiger partial charge in [-0.1, -0.05) is 25.1 Å². The van der Waals surface area contributed by atoms with Gasteiger partial charge >= 0.3 is 0 Å². The highest BCUT2D eigenvalue weighted by Gasteiger charge is 2.17. The number of nitrogens with one attached hydrogen (secondary N) is 1. The molecule has 20 heavy (non-hydrogen) atoms. The molecule has 5 heteroatoms. The number of carbonyl (C=O) groups is 1. The second-order valence-electron chi connectivity index (χ2n) is 4.70. The van der Waals surface area contributed by atoms with Crippen LogP contribution in [0, 0.1) is 5.92 Å². The van der Waals surface area contributed by atoms with Crippen molar-refractivity contribution < 1.29 is 4.79 Å². The van der Waals surface area contributed by atoms with Gasteiger partial charge in [0.25, 0.3) is 0 Å². The first-order valence-corrected chi connectivity index (χ1v) is 7.16. The molecule has 2 atom stereocenters. The van der Waals surface area contributed by atoms with E-state index >= 15 is 0 Å². The fourth-order valence-corrected chi connectivity index (χ4v) is 2.41. The van der Waals surface area contributed by atoms with Gasteiger partial charge in [-0.25, -0.2) is 0 Å². The van der Waals surface area contributed by atoms with Gasteiger partial charge in [-0.3, -0.25) is 4.79 Å². The minimum Gasteiger partial charge on any atom is -0.327 e. The molecule has 0 radical (unpaired) electrons. The summed E-state index contributed by atoms with van der Waals surface area (Å²) in [5.41, 5.74) is 7.66. The van der Waals surface area contributed by atoms with Crippen LogP contribution < -0.4 is 11.1 Å². The average molecular weight is 311 g/mol. The molecule has 0 spiro atoms. The van der Waals surface area contributed by atoms with Gasteiger partial charge in [0.2, 0.25) is 5.91 Å². The molecule has 0 fully saturated rings. The van der Waals surface area contributed by atoms with Gasteiger partial charge in [0.05, 0.1) is 5.92 Å². The molecule has 1 heterocycles. The number of hydrogen-bond donors (Lipinski definition) is 2. The van der Waals surface area contributed by atoms with Gasteiger partial charge in [-0.15, -0.1) is 23.7 Å². The van der Waals surface area contributed by atoms with E-state index in [0.29, 0.717) is 0 Å². The summed E-state index contributed by atoms with van der Waals surface area (Å²) >= 11 is 1.68. The lowest BCUT2D eigenvalue weighted by Crippen LogP contribution is -2.34. The molecule has 3 N–H and O–H groups in total. The Labute approximate surface area is 129 Å². The van der Waals surface area contributed by atoms with Gasteiger partial charge in [0.1, 0.15) is 0 Å². The zero-order valence-electron chi connectivity index (χ0n) is 11.5. The SMILES string of the molecule is CC(N)C(C)C(=O)Nc1cccc(-c2cccs2)c1.Cl. The predicted octanol–water partition coefficient (Wildman–Crippen LogP) is 3.76. The van der Waals surface area contributed by atoms with Crippen LogP contribution in [0.1, 0.15) is 13.8 Å². The molecule has 0 saturated heterocycles. The van der Waals surface area contributed by atoms with E-state index in [9.17, 15) is 4.79 Å². The number of nitrogens with two attached hydrogens (primary N) is 1. The smallest absolute Gasteiger partial charge is 0.228 e. The van der Waals surface area contributed by atoms with Gasteiger partial charge in [0.15, 0.2) is 0 Å². The Hall–Kier alpha value is -1.36. The van der Waals surface area contributed by atoms with Crippen molar-refractivity contribution in [3.63, 3.8) is 0 Å². The Kier molecular flexibility index (Phi) is 6.20. The largest absolute Gasteiger partial charge is 0.327 e. The molecule has 2 aromatic rings. The van der Waals surface area contributed by atoms with E-state index < -0.39 is 0 Å². The number of halogens is 1. The molecule has 2 rings (SSSR count). The molecule has 3 nitrogen and oxygen atoms in total. The van der Waals surface area contributed by atoms with E-state index in [0.717, 1.165) is 11.3 Å². The molecular weight excluding hydrogens is 292 g/mol. The Bertz CT molecular complexity index is 555. The van der Waals surface area contributed by atoms with E-state index in [1.54, 1.807) is 11.3 Å². The predicted molar refractivity (Wildman–Crippen MR) is 88.4 cm³/mol. The summed E-state index contributed by atoms with van der Waals surface area (Å²) in [5.74, 6) is -0.247. The van der Waals surface area contributed by atoms with E-state index in [1.165, 1.54) is 4.88 Å². The van der Waals surface area contributed by atoms with E-state index in [1.807, 2.05) is 49.6 Å². The molecule has 2 unspecified atom stereocenters. The molecule has 108 valence electrons. The summed E-state index contributed by atoms with van der Waals surface area (Å²) in [6, 6.07) is 11.8. The lowest BCUT2D eigenvalue weighted by Gasteiger charge is -2.15. The quantitative estimate of drug-likeness (QED) is 0.903. The van der Waals surface area contributed by atoms with Crippen LogP contribution in [0.5, 0.6) is 0 Å². The maximum absolute atomic E-state index is 12.0. The van der Waals surface area contributed by atoms with Crippen LogP contribution in [0.4, 0.5) is 5.69 Å². The van der Waals surface area contributed by atoms with Crippen LogP contribution in [0.3, 0.4) is 0 Å². The monoisotopic (exact) mass is 310 g/mol. The number of carbonyl (C=O) groups excluding carboxylic acids is 1. The number of benzene rings is 1. The van der Waals surface area contributed by atoms with Crippen LogP contribution in [0.15, 0.2) is 41.8 Å². The van der Waals surface area contributed by atoms with E-state index in [4.69, 9.17) is 5.73 Å². The van der Waals surface area contributed by atoms with Crippen molar-refractivity contribution >= 4 is 35.3 Å².